The van der Waals surface area contributed by atoms with E-state index in [-0.39, 0.29) is 12.3 Å². The summed E-state index contributed by atoms with van der Waals surface area (Å²) in [5.74, 6) is 0.923. The predicted molar refractivity (Wildman–Crippen MR) is 97.8 cm³/mol. The Kier molecular flexibility index (Phi) is 5.57. The number of likely N-dealkylation sites (tertiary alicyclic amines) is 1. The normalized spacial score (nSPS) is 23.3. The van der Waals surface area contributed by atoms with Crippen LogP contribution in [0.4, 0.5) is 0 Å². The molecule has 1 aromatic carbocycles. The Labute approximate surface area is 149 Å². The number of hydrogen-bond donors (Lipinski definition) is 0. The lowest BCUT2D eigenvalue weighted by Crippen LogP contribution is -2.30. The highest BCUT2D eigenvalue weighted by molar-refractivity contribution is 5.99. The maximum atomic E-state index is 12.8. The molecular weight excluding hydrogens is 314 g/mol. The molecule has 0 radical (unpaired) electrons. The summed E-state index contributed by atoms with van der Waals surface area (Å²) in [5, 5.41) is 0. The molecule has 1 amide bonds. The molecule has 1 heterocycles. The summed E-state index contributed by atoms with van der Waals surface area (Å²) in [5.41, 5.74) is 2.45. The van der Waals surface area contributed by atoms with Crippen molar-refractivity contribution in [3.8, 4) is 0 Å². The number of hydrogen-bond acceptors (Lipinski definition) is 3. The van der Waals surface area contributed by atoms with Crippen LogP contribution >= 0.6 is 0 Å². The zero-order chi connectivity index (χ0) is 17.8. The summed E-state index contributed by atoms with van der Waals surface area (Å²) in [6, 6.07) is 7.84. The summed E-state index contributed by atoms with van der Waals surface area (Å²) >= 11 is 0. The molecule has 0 bridgehead atoms. The van der Waals surface area contributed by atoms with Crippen LogP contribution in [0.5, 0.6) is 0 Å². The van der Waals surface area contributed by atoms with Crippen molar-refractivity contribution in [1.29, 1.82) is 0 Å². The molecule has 1 aliphatic heterocycles. The number of carbonyl (C=O) groups is 2. The van der Waals surface area contributed by atoms with E-state index in [1.165, 1.54) is 32.8 Å². The molecule has 0 unspecified atom stereocenters. The molecule has 1 saturated heterocycles. The number of amides is 1. The number of fused-ring (bicyclic) bond motifs is 1. The first-order valence-electron chi connectivity index (χ1n) is 9.20. The quantitative estimate of drug-likeness (QED) is 0.621. The fraction of sp³-hybridized carbons (Fsp3) is 0.524. The molecule has 4 heteroatoms. The van der Waals surface area contributed by atoms with Crippen LogP contribution in [-0.4, -0.2) is 37.0 Å². The van der Waals surface area contributed by atoms with E-state index in [1.54, 1.807) is 6.08 Å². The van der Waals surface area contributed by atoms with Gasteiger partial charge >= 0.3 is 5.97 Å². The topological polar surface area (TPSA) is 46.6 Å². The van der Waals surface area contributed by atoms with Gasteiger partial charge < -0.3 is 9.64 Å². The maximum absolute atomic E-state index is 12.8. The SMILES string of the molecule is COC(=O)C(=Cc1ccccc1C)CC(=O)N1C[C@H]2CCCC[C@H]2C1. The molecule has 2 fully saturated rings. The zero-order valence-corrected chi connectivity index (χ0v) is 15.2. The molecule has 0 N–H and O–H groups in total. The van der Waals surface area contributed by atoms with Crippen LogP contribution in [0.25, 0.3) is 6.08 Å². The Balaban J connectivity index is 1.73. The lowest BCUT2D eigenvalue weighted by atomic mass is 9.82. The highest BCUT2D eigenvalue weighted by Crippen LogP contribution is 2.36. The predicted octanol–water partition coefficient (Wildman–Crippen LogP) is 3.59. The van der Waals surface area contributed by atoms with Gasteiger partial charge in [-0.25, -0.2) is 4.79 Å². The molecule has 1 aliphatic carbocycles. The summed E-state index contributed by atoms with van der Waals surface area (Å²) in [6.45, 7) is 3.69. The maximum Gasteiger partial charge on any atom is 0.334 e. The molecule has 2 aliphatic rings. The number of nitrogens with zero attached hydrogens (tertiary/aromatic N) is 1. The number of methoxy groups -OCH3 is 1. The van der Waals surface area contributed by atoms with Crippen LogP contribution in [0.15, 0.2) is 29.8 Å². The number of ether oxygens (including phenoxy) is 1. The van der Waals surface area contributed by atoms with Crippen molar-refractivity contribution in [1.82, 2.24) is 4.90 Å². The van der Waals surface area contributed by atoms with Gasteiger partial charge in [0.25, 0.3) is 0 Å². The lowest BCUT2D eigenvalue weighted by molar-refractivity contribution is -0.138. The third kappa shape index (κ3) is 4.12. The fourth-order valence-electron chi connectivity index (χ4n) is 4.13. The highest BCUT2D eigenvalue weighted by atomic mass is 16.5. The van der Waals surface area contributed by atoms with Gasteiger partial charge in [0.15, 0.2) is 0 Å². The number of carbonyl (C=O) groups excluding carboxylic acids is 2. The Morgan fingerprint density at radius 2 is 1.80 bits per heavy atom. The van der Waals surface area contributed by atoms with Crippen LogP contribution in [0.2, 0.25) is 0 Å². The van der Waals surface area contributed by atoms with Crippen LogP contribution < -0.4 is 0 Å². The molecular formula is C21H27NO3. The first-order chi connectivity index (χ1) is 12.1. The molecule has 0 aromatic heterocycles. The average Bonchev–Trinajstić information content (AvgIpc) is 3.06. The smallest absolute Gasteiger partial charge is 0.334 e. The van der Waals surface area contributed by atoms with Crippen molar-refractivity contribution in [3.05, 3.63) is 41.0 Å². The van der Waals surface area contributed by atoms with Crippen molar-refractivity contribution in [2.24, 2.45) is 11.8 Å². The summed E-state index contributed by atoms with van der Waals surface area (Å²) < 4.78 is 4.90. The minimum Gasteiger partial charge on any atom is -0.466 e. The largest absolute Gasteiger partial charge is 0.466 e. The molecule has 2 atom stereocenters. The van der Waals surface area contributed by atoms with Gasteiger partial charge in [-0.15, -0.1) is 0 Å². The molecule has 25 heavy (non-hydrogen) atoms. The third-order valence-electron chi connectivity index (χ3n) is 5.64. The molecule has 1 saturated carbocycles. The van der Waals surface area contributed by atoms with Gasteiger partial charge in [0.2, 0.25) is 5.91 Å². The van der Waals surface area contributed by atoms with Crippen molar-refractivity contribution >= 4 is 18.0 Å². The van der Waals surface area contributed by atoms with E-state index in [0.29, 0.717) is 17.4 Å². The Hall–Kier alpha value is -2.10. The highest BCUT2D eigenvalue weighted by Gasteiger charge is 2.36. The van der Waals surface area contributed by atoms with E-state index in [0.717, 1.165) is 24.2 Å². The Morgan fingerprint density at radius 1 is 1.16 bits per heavy atom. The van der Waals surface area contributed by atoms with E-state index in [1.807, 2.05) is 36.1 Å². The minimum absolute atomic E-state index is 0.0413. The zero-order valence-electron chi connectivity index (χ0n) is 15.2. The van der Waals surface area contributed by atoms with Crippen LogP contribution in [0, 0.1) is 18.8 Å². The standard InChI is InChI=1S/C21H27NO3/c1-15-7-3-4-8-16(15)11-19(21(24)25-2)12-20(23)22-13-17-9-5-6-10-18(17)14-22/h3-4,7-8,11,17-18H,5-6,9-10,12-14H2,1-2H3/t17-,18+. The van der Waals surface area contributed by atoms with Gasteiger partial charge in [0.05, 0.1) is 13.5 Å². The summed E-state index contributed by atoms with van der Waals surface area (Å²) in [7, 11) is 1.36. The van der Waals surface area contributed by atoms with Gasteiger partial charge in [0.1, 0.15) is 0 Å². The minimum atomic E-state index is -0.423. The first kappa shape index (κ1) is 17.7. The molecule has 3 rings (SSSR count). The second-order valence-electron chi connectivity index (χ2n) is 7.30. The monoisotopic (exact) mass is 341 g/mol. The number of benzene rings is 1. The van der Waals surface area contributed by atoms with Gasteiger partial charge in [-0.05, 0) is 48.8 Å². The number of rotatable bonds is 4. The van der Waals surface area contributed by atoms with Gasteiger partial charge in [0, 0.05) is 18.7 Å². The molecule has 1 aromatic rings. The van der Waals surface area contributed by atoms with Crippen molar-refractivity contribution in [2.75, 3.05) is 20.2 Å². The molecule has 0 spiro atoms. The van der Waals surface area contributed by atoms with Crippen LogP contribution in [0.1, 0.15) is 43.2 Å². The van der Waals surface area contributed by atoms with Gasteiger partial charge in [-0.2, -0.15) is 0 Å². The van der Waals surface area contributed by atoms with E-state index in [4.69, 9.17) is 4.74 Å². The van der Waals surface area contributed by atoms with Crippen LogP contribution in [0.3, 0.4) is 0 Å². The summed E-state index contributed by atoms with van der Waals surface area (Å²) in [4.78, 5) is 26.9. The second kappa shape index (κ2) is 7.85. The van der Waals surface area contributed by atoms with Crippen molar-refractivity contribution in [3.63, 3.8) is 0 Å². The lowest BCUT2D eigenvalue weighted by Gasteiger charge is -2.22. The van der Waals surface area contributed by atoms with Crippen molar-refractivity contribution in [2.45, 2.75) is 39.0 Å². The van der Waals surface area contributed by atoms with E-state index >= 15 is 0 Å². The van der Waals surface area contributed by atoms with E-state index < -0.39 is 5.97 Å². The second-order valence-corrected chi connectivity index (χ2v) is 7.30. The van der Waals surface area contributed by atoms with Crippen molar-refractivity contribution < 1.29 is 14.3 Å². The van der Waals surface area contributed by atoms with Crippen LogP contribution in [-0.2, 0) is 14.3 Å². The van der Waals surface area contributed by atoms with Gasteiger partial charge in [-0.1, -0.05) is 37.1 Å². The fourth-order valence-corrected chi connectivity index (χ4v) is 4.13. The average molecular weight is 341 g/mol. The number of aryl methyl sites for hydroxylation is 1. The van der Waals surface area contributed by atoms with E-state index in [2.05, 4.69) is 0 Å². The van der Waals surface area contributed by atoms with E-state index in [9.17, 15) is 9.59 Å². The molecule has 4 nitrogen and oxygen atoms in total. The number of esters is 1. The molecule has 134 valence electrons. The third-order valence-corrected chi connectivity index (χ3v) is 5.64. The first-order valence-corrected chi connectivity index (χ1v) is 9.20. The Bertz CT molecular complexity index is 665. The Morgan fingerprint density at radius 3 is 2.40 bits per heavy atom. The summed E-state index contributed by atoms with van der Waals surface area (Å²) in [6.07, 6.45) is 6.94. The van der Waals surface area contributed by atoms with Gasteiger partial charge in [-0.3, -0.25) is 4.79 Å².